The van der Waals surface area contributed by atoms with Gasteiger partial charge in [-0.2, -0.15) is 0 Å². The lowest BCUT2D eigenvalue weighted by atomic mass is 10.0. The molecule has 138 valence electrons. The zero-order chi connectivity index (χ0) is 19.1. The summed E-state index contributed by atoms with van der Waals surface area (Å²) < 4.78 is 0. The Kier molecular flexibility index (Phi) is 6.96. The Bertz CT molecular complexity index is 770. The summed E-state index contributed by atoms with van der Waals surface area (Å²) in [5, 5.41) is 2.69. The van der Waals surface area contributed by atoms with Crippen molar-refractivity contribution in [3.63, 3.8) is 0 Å². The quantitative estimate of drug-likeness (QED) is 0.830. The largest absolute Gasteiger partial charge is 0.357 e. The number of aryl methyl sites for hydroxylation is 2. The van der Waals surface area contributed by atoms with Crippen LogP contribution in [0.3, 0.4) is 0 Å². The molecule has 2 aromatic rings. The van der Waals surface area contributed by atoms with E-state index in [-0.39, 0.29) is 11.8 Å². The first-order valence-electron chi connectivity index (χ1n) is 9.07. The van der Waals surface area contributed by atoms with E-state index in [4.69, 9.17) is 0 Å². The molecule has 0 radical (unpaired) electrons. The van der Waals surface area contributed by atoms with Crippen LogP contribution in [0.5, 0.6) is 0 Å². The second-order valence-corrected chi connectivity index (χ2v) is 6.65. The predicted molar refractivity (Wildman–Crippen MR) is 105 cm³/mol. The lowest BCUT2D eigenvalue weighted by Gasteiger charge is -2.31. The molecule has 0 saturated carbocycles. The number of hydrogen-bond donors (Lipinski definition) is 1. The zero-order valence-corrected chi connectivity index (χ0v) is 16.1. The van der Waals surface area contributed by atoms with E-state index in [1.165, 1.54) is 0 Å². The van der Waals surface area contributed by atoms with E-state index < -0.39 is 6.04 Å². The van der Waals surface area contributed by atoms with Gasteiger partial charge in [-0.15, -0.1) is 0 Å². The fourth-order valence-corrected chi connectivity index (χ4v) is 3.16. The molecule has 4 nitrogen and oxygen atoms in total. The van der Waals surface area contributed by atoms with E-state index in [0.717, 1.165) is 22.3 Å². The van der Waals surface area contributed by atoms with Crippen LogP contribution in [-0.4, -0.2) is 29.8 Å². The van der Waals surface area contributed by atoms with Crippen LogP contribution < -0.4 is 5.32 Å². The van der Waals surface area contributed by atoms with Gasteiger partial charge in [-0.3, -0.25) is 9.59 Å². The fraction of sp³-hybridized carbons (Fsp3) is 0.364. The number of nitrogens with one attached hydrogen (secondary N) is 1. The molecular formula is C22H28N2O2. The molecule has 1 atom stereocenters. The lowest BCUT2D eigenvalue weighted by Crippen LogP contribution is -2.48. The molecule has 0 aliphatic rings. The highest BCUT2D eigenvalue weighted by atomic mass is 16.2. The van der Waals surface area contributed by atoms with Crippen molar-refractivity contribution in [3.8, 4) is 0 Å². The van der Waals surface area contributed by atoms with E-state index in [9.17, 15) is 9.59 Å². The molecule has 0 aliphatic carbocycles. The minimum Gasteiger partial charge on any atom is -0.357 e. The van der Waals surface area contributed by atoms with E-state index >= 15 is 0 Å². The Morgan fingerprint density at radius 3 is 2.42 bits per heavy atom. The van der Waals surface area contributed by atoms with Gasteiger partial charge >= 0.3 is 0 Å². The third-order valence-corrected chi connectivity index (χ3v) is 4.67. The average molecular weight is 352 g/mol. The highest BCUT2D eigenvalue weighted by Crippen LogP contribution is 2.17. The molecule has 0 unspecified atom stereocenters. The maximum atomic E-state index is 13.1. The van der Waals surface area contributed by atoms with E-state index in [0.29, 0.717) is 19.4 Å². The molecule has 0 aliphatic heterocycles. The van der Waals surface area contributed by atoms with Crippen molar-refractivity contribution in [1.82, 2.24) is 10.2 Å². The normalized spacial score (nSPS) is 11.7. The monoisotopic (exact) mass is 352 g/mol. The molecule has 26 heavy (non-hydrogen) atoms. The van der Waals surface area contributed by atoms with E-state index in [1.54, 1.807) is 11.9 Å². The van der Waals surface area contributed by atoms with Gasteiger partial charge in [0.2, 0.25) is 11.8 Å². The maximum Gasteiger partial charge on any atom is 0.242 e. The Hall–Kier alpha value is -2.62. The molecule has 2 rings (SSSR count). The highest BCUT2D eigenvalue weighted by molar-refractivity contribution is 5.88. The number of carbonyl (C=O) groups excluding carboxylic acids is 2. The summed E-state index contributed by atoms with van der Waals surface area (Å²) in [5.41, 5.74) is 4.27. The third-order valence-electron chi connectivity index (χ3n) is 4.67. The van der Waals surface area contributed by atoms with Gasteiger partial charge in [0.15, 0.2) is 0 Å². The van der Waals surface area contributed by atoms with Gasteiger partial charge in [0.25, 0.3) is 0 Å². The highest BCUT2D eigenvalue weighted by Gasteiger charge is 2.28. The van der Waals surface area contributed by atoms with Crippen LogP contribution in [0, 0.1) is 13.8 Å². The number of nitrogens with zero attached hydrogens (tertiary/aromatic N) is 1. The van der Waals surface area contributed by atoms with Crippen LogP contribution in [0.4, 0.5) is 0 Å². The smallest absolute Gasteiger partial charge is 0.242 e. The Morgan fingerprint density at radius 2 is 1.81 bits per heavy atom. The molecule has 0 fully saturated rings. The van der Waals surface area contributed by atoms with Gasteiger partial charge in [0.1, 0.15) is 6.04 Å². The Labute approximate surface area is 156 Å². The van der Waals surface area contributed by atoms with Gasteiger partial charge in [-0.05, 0) is 37.0 Å². The van der Waals surface area contributed by atoms with Gasteiger partial charge in [-0.25, -0.2) is 0 Å². The predicted octanol–water partition coefficient (Wildman–Crippen LogP) is 3.40. The summed E-state index contributed by atoms with van der Waals surface area (Å²) in [6.45, 7) is 6.41. The summed E-state index contributed by atoms with van der Waals surface area (Å²) in [5.74, 6) is -0.159. The van der Waals surface area contributed by atoms with Crippen molar-refractivity contribution < 1.29 is 9.59 Å². The molecule has 2 aromatic carbocycles. The molecule has 0 saturated heterocycles. The van der Waals surface area contributed by atoms with Crippen LogP contribution in [-0.2, 0) is 22.6 Å². The van der Waals surface area contributed by atoms with E-state index in [1.807, 2.05) is 69.3 Å². The van der Waals surface area contributed by atoms with Crippen LogP contribution in [0.1, 0.15) is 35.6 Å². The molecule has 4 heteroatoms. The zero-order valence-electron chi connectivity index (χ0n) is 16.1. The van der Waals surface area contributed by atoms with Crippen molar-refractivity contribution >= 4 is 11.8 Å². The summed E-state index contributed by atoms with van der Waals surface area (Å²) >= 11 is 0. The standard InChI is InChI=1S/C22H28N2O2/c1-5-20(22(26)23-4)24(15-19-12-7-6-10-17(19)3)21(25)14-18-11-8-9-16(2)13-18/h6-13,20H,5,14-15H2,1-4H3,(H,23,26)/t20-/m0/s1. The molecule has 2 amide bonds. The molecule has 1 N–H and O–H groups in total. The van der Waals surface area contributed by atoms with Gasteiger partial charge < -0.3 is 10.2 Å². The van der Waals surface area contributed by atoms with E-state index in [2.05, 4.69) is 5.32 Å². The number of hydrogen-bond acceptors (Lipinski definition) is 2. The van der Waals surface area contributed by atoms with Crippen LogP contribution >= 0.6 is 0 Å². The molecule has 0 heterocycles. The number of likely N-dealkylation sites (N-methyl/N-ethyl adjacent to an activating group) is 1. The Morgan fingerprint density at radius 1 is 1.08 bits per heavy atom. The average Bonchev–Trinajstić information content (AvgIpc) is 2.62. The minimum absolute atomic E-state index is 0.0331. The van der Waals surface area contributed by atoms with Crippen molar-refractivity contribution in [1.29, 1.82) is 0 Å². The summed E-state index contributed by atoms with van der Waals surface area (Å²) in [6.07, 6.45) is 0.867. The first-order chi connectivity index (χ1) is 12.5. The lowest BCUT2D eigenvalue weighted by molar-refractivity contribution is -0.140. The molecule has 0 aromatic heterocycles. The topological polar surface area (TPSA) is 49.4 Å². The SMILES string of the molecule is CC[C@@H](C(=O)NC)N(Cc1ccccc1C)C(=O)Cc1cccc(C)c1. The fourth-order valence-electron chi connectivity index (χ4n) is 3.16. The first kappa shape index (κ1) is 19.7. The summed E-state index contributed by atoms with van der Waals surface area (Å²) in [4.78, 5) is 27.2. The van der Waals surface area contributed by atoms with Crippen LogP contribution in [0.25, 0.3) is 0 Å². The van der Waals surface area contributed by atoms with Gasteiger partial charge in [0.05, 0.1) is 6.42 Å². The third kappa shape index (κ3) is 4.94. The second kappa shape index (κ2) is 9.18. The van der Waals surface area contributed by atoms with Crippen molar-refractivity contribution in [2.45, 2.75) is 46.2 Å². The van der Waals surface area contributed by atoms with Crippen molar-refractivity contribution in [2.24, 2.45) is 0 Å². The number of rotatable bonds is 7. The van der Waals surface area contributed by atoms with Crippen LogP contribution in [0.15, 0.2) is 48.5 Å². The first-order valence-corrected chi connectivity index (χ1v) is 9.07. The molecule has 0 bridgehead atoms. The van der Waals surface area contributed by atoms with Crippen molar-refractivity contribution in [3.05, 3.63) is 70.8 Å². The Balaban J connectivity index is 2.30. The second-order valence-electron chi connectivity index (χ2n) is 6.65. The number of benzene rings is 2. The minimum atomic E-state index is -0.475. The summed E-state index contributed by atoms with van der Waals surface area (Å²) in [7, 11) is 1.61. The number of amides is 2. The van der Waals surface area contributed by atoms with Gasteiger partial charge in [0, 0.05) is 13.6 Å². The maximum absolute atomic E-state index is 13.1. The molecule has 0 spiro atoms. The number of carbonyl (C=O) groups is 2. The summed E-state index contributed by atoms with van der Waals surface area (Å²) in [6, 6.07) is 15.5. The van der Waals surface area contributed by atoms with Crippen molar-refractivity contribution in [2.75, 3.05) is 7.05 Å². The van der Waals surface area contributed by atoms with Crippen LogP contribution in [0.2, 0.25) is 0 Å². The van der Waals surface area contributed by atoms with Gasteiger partial charge in [-0.1, -0.05) is 61.0 Å². The molecular weight excluding hydrogens is 324 g/mol.